The van der Waals surface area contributed by atoms with Crippen molar-refractivity contribution in [2.75, 3.05) is 33.8 Å². The lowest BCUT2D eigenvalue weighted by Gasteiger charge is -2.17. The number of carbonyl (C=O) groups is 1. The molecule has 1 amide bonds. The van der Waals surface area contributed by atoms with Gasteiger partial charge in [0.05, 0.1) is 14.2 Å². The third-order valence-corrected chi connectivity index (χ3v) is 4.62. The average Bonchev–Trinajstić information content (AvgIpc) is 2.55. The number of hydrogen-bond donors (Lipinski definition) is 2. The van der Waals surface area contributed by atoms with Crippen LogP contribution in [0, 0.1) is 0 Å². The van der Waals surface area contributed by atoms with Crippen LogP contribution < -0.4 is 10.1 Å². The number of amides is 1. The van der Waals surface area contributed by atoms with E-state index in [9.17, 15) is 14.5 Å². The van der Waals surface area contributed by atoms with Gasteiger partial charge in [0.15, 0.2) is 0 Å². The van der Waals surface area contributed by atoms with Gasteiger partial charge in [-0.2, -0.15) is 0 Å². The van der Waals surface area contributed by atoms with Crippen LogP contribution in [0.2, 0.25) is 0 Å². The Morgan fingerprint density at radius 3 is 2.05 bits per heavy atom. The van der Waals surface area contributed by atoms with Crippen LogP contribution >= 0.6 is 7.60 Å². The largest absolute Gasteiger partial charge is 0.497 e. The number of nitrogens with one attached hydrogen (secondary N) is 1. The Balaban J connectivity index is 3.11. The lowest BCUT2D eigenvalue weighted by atomic mass is 10.3. The van der Waals surface area contributed by atoms with Gasteiger partial charge in [-0.1, -0.05) is 0 Å². The molecule has 1 aromatic carbocycles. The lowest BCUT2D eigenvalue weighted by molar-refractivity contribution is -0.112. The average molecular weight is 331 g/mol. The minimum absolute atomic E-state index is 0.394. The lowest BCUT2D eigenvalue weighted by Crippen LogP contribution is -2.18. The summed E-state index contributed by atoms with van der Waals surface area (Å²) >= 11 is 0. The molecule has 8 nitrogen and oxygen atoms in total. The van der Waals surface area contributed by atoms with E-state index in [1.54, 1.807) is 24.3 Å². The quantitative estimate of drug-likeness (QED) is 0.449. The highest BCUT2D eigenvalue weighted by atomic mass is 31.2. The molecule has 22 heavy (non-hydrogen) atoms. The van der Waals surface area contributed by atoms with Crippen LogP contribution in [0.4, 0.5) is 5.69 Å². The molecule has 0 radical (unpaired) electrons. The van der Waals surface area contributed by atoms with Gasteiger partial charge in [-0.15, -0.1) is 0 Å². The van der Waals surface area contributed by atoms with Gasteiger partial charge in [0.1, 0.15) is 5.75 Å². The second-order valence-corrected chi connectivity index (χ2v) is 6.08. The molecule has 0 aliphatic heterocycles. The fourth-order valence-electron chi connectivity index (χ4n) is 1.56. The summed E-state index contributed by atoms with van der Waals surface area (Å²) in [5, 5.41) is 11.5. The van der Waals surface area contributed by atoms with Crippen molar-refractivity contribution in [1.82, 2.24) is 0 Å². The highest BCUT2D eigenvalue weighted by Crippen LogP contribution is 2.55. The molecule has 1 rings (SSSR count). The summed E-state index contributed by atoms with van der Waals surface area (Å²) in [5.41, 5.74) is 0.394. The molecule has 0 fully saturated rings. The molecule has 0 saturated heterocycles. The minimum Gasteiger partial charge on any atom is -0.497 e. The third kappa shape index (κ3) is 4.00. The summed E-state index contributed by atoms with van der Waals surface area (Å²) in [6.45, 7) is 0. The van der Waals surface area contributed by atoms with E-state index in [-0.39, 0.29) is 0 Å². The van der Waals surface area contributed by atoms with E-state index in [1.807, 2.05) is 0 Å². The fraction of sp³-hybridized carbons (Fsp3) is 0.308. The van der Waals surface area contributed by atoms with Crippen LogP contribution in [-0.4, -0.2) is 39.5 Å². The number of methoxy groups -OCH3 is 2. The topological polar surface area (TPSA) is 103 Å². The highest BCUT2D eigenvalue weighted by Gasteiger charge is 2.38. The molecule has 2 N–H and O–H groups in total. The van der Waals surface area contributed by atoms with Crippen molar-refractivity contribution in [2.45, 2.75) is 0 Å². The van der Waals surface area contributed by atoms with Crippen LogP contribution in [0.3, 0.4) is 0 Å². The maximum absolute atomic E-state index is 12.4. The Morgan fingerprint density at radius 2 is 1.64 bits per heavy atom. The summed E-state index contributed by atoms with van der Waals surface area (Å²) < 4.78 is 31.4. The zero-order valence-corrected chi connectivity index (χ0v) is 13.5. The van der Waals surface area contributed by atoms with Gasteiger partial charge in [-0.25, -0.2) is 0 Å². The Labute approximate surface area is 128 Å². The summed E-state index contributed by atoms with van der Waals surface area (Å²) in [7, 11) is 0.807. The number of aliphatic hydroxyl groups excluding tert-OH is 1. The fourth-order valence-corrected chi connectivity index (χ4v) is 2.70. The zero-order valence-electron chi connectivity index (χ0n) is 12.7. The molecule has 0 aliphatic rings. The Bertz CT molecular complexity index is 589. The van der Waals surface area contributed by atoms with Gasteiger partial charge in [-0.3, -0.25) is 9.36 Å². The van der Waals surface area contributed by atoms with Gasteiger partial charge in [0, 0.05) is 19.9 Å². The first-order chi connectivity index (χ1) is 10.4. The van der Waals surface area contributed by atoms with E-state index < -0.39 is 24.8 Å². The summed E-state index contributed by atoms with van der Waals surface area (Å²) in [6, 6.07) is 6.40. The predicted octanol–water partition coefficient (Wildman–Crippen LogP) is 2.49. The second kappa shape index (κ2) is 7.84. The van der Waals surface area contributed by atoms with Crippen LogP contribution in [0.5, 0.6) is 5.75 Å². The molecule has 0 bridgehead atoms. The normalized spacial score (nSPS) is 12.4. The first-order valence-corrected chi connectivity index (χ1v) is 7.60. The molecule has 0 aliphatic carbocycles. The summed E-state index contributed by atoms with van der Waals surface area (Å²) in [4.78, 5) is 12.3. The first-order valence-electron chi connectivity index (χ1n) is 6.06. The number of benzene rings is 1. The number of carbonyl (C=O) groups excluding carboxylic acids is 1. The van der Waals surface area contributed by atoms with Crippen molar-refractivity contribution in [3.05, 3.63) is 35.5 Å². The SMILES string of the molecule is CO/C(O)=C(/C(=O)Nc1ccc(OC)cc1)P(=O)(OC)OC. The standard InChI is InChI=1S/C13H18NO7P/c1-18-10-7-5-9(6-8-10)14-12(15)11(13(16)19-2)22(17,20-3)21-4/h5-8,16H,1-4H3,(H,14,15)/b13-11-. The number of hydrogen-bond acceptors (Lipinski definition) is 7. The van der Waals surface area contributed by atoms with E-state index in [4.69, 9.17) is 13.8 Å². The molecular formula is C13H18NO7P. The van der Waals surface area contributed by atoms with E-state index >= 15 is 0 Å². The maximum Gasteiger partial charge on any atom is 0.373 e. The molecule has 0 spiro atoms. The van der Waals surface area contributed by atoms with E-state index in [1.165, 1.54) is 7.11 Å². The molecule has 0 heterocycles. The van der Waals surface area contributed by atoms with Gasteiger partial charge in [0.25, 0.3) is 11.9 Å². The van der Waals surface area contributed by atoms with Crippen LogP contribution in [0.15, 0.2) is 35.5 Å². The molecule has 0 saturated carbocycles. The van der Waals surface area contributed by atoms with Crippen molar-refractivity contribution in [2.24, 2.45) is 0 Å². The van der Waals surface area contributed by atoms with Gasteiger partial charge < -0.3 is 28.9 Å². The number of rotatable bonds is 7. The summed E-state index contributed by atoms with van der Waals surface area (Å²) in [6.07, 6.45) is 0. The maximum atomic E-state index is 12.4. The van der Waals surface area contributed by atoms with Gasteiger partial charge >= 0.3 is 7.60 Å². The van der Waals surface area contributed by atoms with E-state index in [0.717, 1.165) is 21.3 Å². The summed E-state index contributed by atoms with van der Waals surface area (Å²) in [5.74, 6) is -1.12. The molecular weight excluding hydrogens is 313 g/mol. The van der Waals surface area contributed by atoms with Crippen molar-refractivity contribution in [3.63, 3.8) is 0 Å². The van der Waals surface area contributed by atoms with Crippen molar-refractivity contribution >= 4 is 19.2 Å². The smallest absolute Gasteiger partial charge is 0.373 e. The van der Waals surface area contributed by atoms with Crippen LogP contribution in [-0.2, 0) is 23.1 Å². The Hall–Kier alpha value is -2.02. The van der Waals surface area contributed by atoms with Crippen molar-refractivity contribution in [3.8, 4) is 5.75 Å². The molecule has 122 valence electrons. The molecule has 0 unspecified atom stereocenters. The molecule has 1 aromatic rings. The van der Waals surface area contributed by atoms with Crippen LogP contribution in [0.1, 0.15) is 0 Å². The number of aliphatic hydroxyl groups is 1. The van der Waals surface area contributed by atoms with E-state index in [2.05, 4.69) is 10.1 Å². The van der Waals surface area contributed by atoms with Crippen molar-refractivity contribution in [1.29, 1.82) is 0 Å². The monoisotopic (exact) mass is 331 g/mol. The molecule has 0 aromatic heterocycles. The van der Waals surface area contributed by atoms with Gasteiger partial charge in [-0.05, 0) is 24.3 Å². The molecule has 0 atom stereocenters. The highest BCUT2D eigenvalue weighted by molar-refractivity contribution is 7.60. The van der Waals surface area contributed by atoms with Gasteiger partial charge in [0.2, 0.25) is 5.31 Å². The minimum atomic E-state index is -4.00. The number of anilines is 1. The Kier molecular flexibility index (Phi) is 6.42. The van der Waals surface area contributed by atoms with E-state index in [0.29, 0.717) is 11.4 Å². The molecule has 9 heteroatoms. The first kappa shape index (κ1) is 18.0. The zero-order chi connectivity index (χ0) is 16.8. The predicted molar refractivity (Wildman–Crippen MR) is 79.9 cm³/mol. The number of ether oxygens (including phenoxy) is 2. The van der Waals surface area contributed by atoms with Crippen molar-refractivity contribution < 1.29 is 33.0 Å². The Morgan fingerprint density at radius 1 is 1.09 bits per heavy atom. The third-order valence-electron chi connectivity index (χ3n) is 2.71. The van der Waals surface area contributed by atoms with Crippen LogP contribution in [0.25, 0.3) is 0 Å². The second-order valence-electron chi connectivity index (χ2n) is 3.90.